The molecule has 2 aromatic carbocycles. The molecule has 4 heteroatoms. The molecule has 0 spiro atoms. The molecule has 0 saturated heterocycles. The molecule has 0 atom stereocenters. The van der Waals surface area contributed by atoms with E-state index in [0.29, 0.717) is 17.1 Å². The van der Waals surface area contributed by atoms with Gasteiger partial charge in [-0.2, -0.15) is 0 Å². The largest absolute Gasteiger partial charge is 0.303 e. The lowest BCUT2D eigenvalue weighted by molar-refractivity contribution is 0.0985. The maximum atomic E-state index is 13.1. The van der Waals surface area contributed by atoms with Crippen LogP contribution in [0.4, 0.5) is 5.69 Å². The number of thiophene rings is 1. The van der Waals surface area contributed by atoms with Crippen LogP contribution in [0, 0.1) is 13.8 Å². The third kappa shape index (κ3) is 3.69. The van der Waals surface area contributed by atoms with Crippen LogP contribution in [0.15, 0.2) is 60.0 Å². The van der Waals surface area contributed by atoms with Crippen molar-refractivity contribution in [2.24, 2.45) is 0 Å². The van der Waals surface area contributed by atoms with Gasteiger partial charge in [0.25, 0.3) is 5.91 Å². The van der Waals surface area contributed by atoms with E-state index in [4.69, 9.17) is 11.6 Å². The van der Waals surface area contributed by atoms with E-state index in [1.165, 1.54) is 0 Å². The molecule has 3 aromatic rings. The zero-order valence-electron chi connectivity index (χ0n) is 13.6. The van der Waals surface area contributed by atoms with E-state index in [9.17, 15) is 4.79 Å². The summed E-state index contributed by atoms with van der Waals surface area (Å²) in [6.45, 7) is 4.48. The first-order chi connectivity index (χ1) is 11.5. The predicted molar refractivity (Wildman–Crippen MR) is 102 cm³/mol. The first kappa shape index (κ1) is 16.7. The Morgan fingerprint density at radius 1 is 1.08 bits per heavy atom. The van der Waals surface area contributed by atoms with Crippen molar-refractivity contribution < 1.29 is 4.79 Å². The number of nitrogens with zero attached hydrogens (tertiary/aromatic N) is 1. The Balaban J connectivity index is 2.00. The maximum absolute atomic E-state index is 13.1. The molecule has 0 unspecified atom stereocenters. The Hall–Kier alpha value is -2.10. The maximum Gasteiger partial charge on any atom is 0.258 e. The van der Waals surface area contributed by atoms with Crippen LogP contribution in [-0.4, -0.2) is 5.91 Å². The molecule has 0 N–H and O–H groups in total. The zero-order chi connectivity index (χ0) is 17.1. The average Bonchev–Trinajstić information content (AvgIpc) is 3.08. The summed E-state index contributed by atoms with van der Waals surface area (Å²) < 4.78 is 0. The van der Waals surface area contributed by atoms with Crippen LogP contribution in [0.5, 0.6) is 0 Å². The van der Waals surface area contributed by atoms with Crippen molar-refractivity contribution in [2.45, 2.75) is 20.4 Å². The van der Waals surface area contributed by atoms with Crippen molar-refractivity contribution in [3.8, 4) is 0 Å². The number of hydrogen-bond donors (Lipinski definition) is 0. The van der Waals surface area contributed by atoms with Crippen LogP contribution in [0.25, 0.3) is 0 Å². The molecule has 0 radical (unpaired) electrons. The van der Waals surface area contributed by atoms with Crippen molar-refractivity contribution in [2.75, 3.05) is 4.90 Å². The molecule has 0 aliphatic rings. The molecular formula is C20H18ClNOS. The van der Waals surface area contributed by atoms with E-state index in [2.05, 4.69) is 0 Å². The standard InChI is InChI=1S/C20H18ClNOS/c1-14-5-3-6-16(11-14)20(23)22(13-18-7-4-10-24-18)17-9-8-15(2)19(21)12-17/h3-12H,13H2,1-2H3. The van der Waals surface area contributed by atoms with Gasteiger partial charge in [0.15, 0.2) is 0 Å². The Labute approximate surface area is 151 Å². The number of hydrogen-bond acceptors (Lipinski definition) is 2. The summed E-state index contributed by atoms with van der Waals surface area (Å²) in [7, 11) is 0. The lowest BCUT2D eigenvalue weighted by atomic mass is 10.1. The number of carbonyl (C=O) groups is 1. The molecule has 122 valence electrons. The lowest BCUT2D eigenvalue weighted by Crippen LogP contribution is -2.30. The van der Waals surface area contributed by atoms with Crippen LogP contribution in [0.2, 0.25) is 5.02 Å². The van der Waals surface area contributed by atoms with Crippen molar-refractivity contribution in [3.05, 3.63) is 86.6 Å². The SMILES string of the molecule is Cc1cccc(C(=O)N(Cc2cccs2)c2ccc(C)c(Cl)c2)c1. The topological polar surface area (TPSA) is 20.3 Å². The Morgan fingerprint density at radius 2 is 1.92 bits per heavy atom. The normalized spacial score (nSPS) is 10.6. The Bertz CT molecular complexity index is 858. The van der Waals surface area contributed by atoms with Crippen LogP contribution < -0.4 is 4.90 Å². The van der Waals surface area contributed by atoms with Crippen molar-refractivity contribution in [1.29, 1.82) is 0 Å². The summed E-state index contributed by atoms with van der Waals surface area (Å²) in [5, 5.41) is 2.69. The third-order valence-corrected chi connectivity index (χ3v) is 5.14. The lowest BCUT2D eigenvalue weighted by Gasteiger charge is -2.23. The van der Waals surface area contributed by atoms with Crippen LogP contribution in [0.3, 0.4) is 0 Å². The molecule has 0 aliphatic carbocycles. The average molecular weight is 356 g/mol. The Kier molecular flexibility index (Phi) is 5.03. The van der Waals surface area contributed by atoms with E-state index in [-0.39, 0.29) is 5.91 Å². The second-order valence-electron chi connectivity index (χ2n) is 5.77. The number of rotatable bonds is 4. The highest BCUT2D eigenvalue weighted by Gasteiger charge is 2.19. The van der Waals surface area contributed by atoms with Gasteiger partial charge in [-0.15, -0.1) is 11.3 Å². The summed E-state index contributed by atoms with van der Waals surface area (Å²) in [5.41, 5.74) is 3.56. The summed E-state index contributed by atoms with van der Waals surface area (Å²) in [5.74, 6) is -0.0213. The summed E-state index contributed by atoms with van der Waals surface area (Å²) in [6, 6.07) is 17.5. The molecule has 24 heavy (non-hydrogen) atoms. The summed E-state index contributed by atoms with van der Waals surface area (Å²) >= 11 is 7.92. The van der Waals surface area contributed by atoms with Crippen LogP contribution in [0.1, 0.15) is 26.4 Å². The third-order valence-electron chi connectivity index (χ3n) is 3.87. The molecule has 0 saturated carbocycles. The number of amides is 1. The molecule has 2 nitrogen and oxygen atoms in total. The van der Waals surface area contributed by atoms with Crippen molar-refractivity contribution >= 4 is 34.5 Å². The fourth-order valence-electron chi connectivity index (χ4n) is 2.52. The van der Waals surface area contributed by atoms with Gasteiger partial charge in [0.05, 0.1) is 6.54 Å². The number of halogens is 1. The number of benzene rings is 2. The highest BCUT2D eigenvalue weighted by Crippen LogP contribution is 2.27. The fourth-order valence-corrected chi connectivity index (χ4v) is 3.39. The molecule has 1 heterocycles. The van der Waals surface area contributed by atoms with Crippen LogP contribution >= 0.6 is 22.9 Å². The number of aryl methyl sites for hydroxylation is 2. The summed E-state index contributed by atoms with van der Waals surface area (Å²) in [6.07, 6.45) is 0. The minimum Gasteiger partial charge on any atom is -0.303 e. The van der Waals surface area contributed by atoms with Gasteiger partial charge in [-0.25, -0.2) is 0 Å². The smallest absolute Gasteiger partial charge is 0.258 e. The number of anilines is 1. The Morgan fingerprint density at radius 3 is 2.58 bits per heavy atom. The van der Waals surface area contributed by atoms with Gasteiger partial charge in [-0.05, 0) is 55.1 Å². The zero-order valence-corrected chi connectivity index (χ0v) is 15.2. The van der Waals surface area contributed by atoms with E-state index in [0.717, 1.165) is 21.7 Å². The van der Waals surface area contributed by atoms with Gasteiger partial charge in [0, 0.05) is 21.2 Å². The molecule has 1 aromatic heterocycles. The summed E-state index contributed by atoms with van der Waals surface area (Å²) in [4.78, 5) is 16.0. The second-order valence-corrected chi connectivity index (χ2v) is 7.21. The van der Waals surface area contributed by atoms with Crippen molar-refractivity contribution in [3.63, 3.8) is 0 Å². The minimum absolute atomic E-state index is 0.0213. The molecule has 1 amide bonds. The molecule has 0 bridgehead atoms. The quantitative estimate of drug-likeness (QED) is 0.573. The van der Waals surface area contributed by atoms with Gasteiger partial charge in [-0.1, -0.05) is 41.4 Å². The van der Waals surface area contributed by atoms with E-state index in [1.807, 2.05) is 73.8 Å². The van der Waals surface area contributed by atoms with E-state index in [1.54, 1.807) is 16.2 Å². The first-order valence-electron chi connectivity index (χ1n) is 7.71. The molecule has 3 rings (SSSR count). The van der Waals surface area contributed by atoms with Crippen molar-refractivity contribution in [1.82, 2.24) is 0 Å². The van der Waals surface area contributed by atoms with Gasteiger partial charge >= 0.3 is 0 Å². The van der Waals surface area contributed by atoms with E-state index >= 15 is 0 Å². The molecule has 0 fully saturated rings. The van der Waals surface area contributed by atoms with Crippen LogP contribution in [-0.2, 0) is 6.54 Å². The second kappa shape index (κ2) is 7.20. The van der Waals surface area contributed by atoms with E-state index < -0.39 is 0 Å². The highest BCUT2D eigenvalue weighted by atomic mass is 35.5. The molecule has 0 aliphatic heterocycles. The predicted octanol–water partition coefficient (Wildman–Crippen LogP) is 5.87. The number of carbonyl (C=O) groups excluding carboxylic acids is 1. The van der Waals surface area contributed by atoms with Gasteiger partial charge in [0.1, 0.15) is 0 Å². The van der Waals surface area contributed by atoms with Gasteiger partial charge < -0.3 is 4.90 Å². The highest BCUT2D eigenvalue weighted by molar-refractivity contribution is 7.09. The monoisotopic (exact) mass is 355 g/mol. The first-order valence-corrected chi connectivity index (χ1v) is 8.97. The van der Waals surface area contributed by atoms with Gasteiger partial charge in [-0.3, -0.25) is 4.79 Å². The minimum atomic E-state index is -0.0213. The van der Waals surface area contributed by atoms with Gasteiger partial charge in [0.2, 0.25) is 0 Å². The fraction of sp³-hybridized carbons (Fsp3) is 0.150. The molecular weight excluding hydrogens is 338 g/mol.